The van der Waals surface area contributed by atoms with Gasteiger partial charge in [-0.15, -0.1) is 0 Å². The molecule has 0 aromatic rings. The van der Waals surface area contributed by atoms with Gasteiger partial charge in [0.2, 0.25) is 0 Å². The van der Waals surface area contributed by atoms with Crippen LogP contribution in [0.25, 0.3) is 0 Å². The second-order valence-corrected chi connectivity index (χ2v) is 5.86. The van der Waals surface area contributed by atoms with Gasteiger partial charge in [0, 0.05) is 20.2 Å². The first-order valence-corrected chi connectivity index (χ1v) is 7.39. The largest absolute Gasteiger partial charge is 0.389 e. The van der Waals surface area contributed by atoms with Crippen LogP contribution in [0.4, 0.5) is 0 Å². The lowest BCUT2D eigenvalue weighted by atomic mass is 9.96. The smallest absolute Gasteiger partial charge is 0.0900 e. The van der Waals surface area contributed by atoms with Gasteiger partial charge in [-0.2, -0.15) is 0 Å². The zero-order chi connectivity index (χ0) is 12.8. The molecule has 0 amide bonds. The van der Waals surface area contributed by atoms with Crippen LogP contribution < -0.4 is 0 Å². The highest BCUT2D eigenvalue weighted by atomic mass is 16.5. The van der Waals surface area contributed by atoms with Gasteiger partial charge in [0.15, 0.2) is 0 Å². The third-order valence-electron chi connectivity index (χ3n) is 4.25. The fraction of sp³-hybridized carbons (Fsp3) is 1.00. The van der Waals surface area contributed by atoms with E-state index in [0.717, 1.165) is 25.6 Å². The predicted octanol–water partition coefficient (Wildman–Crippen LogP) is 0.802. The van der Waals surface area contributed by atoms with Crippen molar-refractivity contribution < 1.29 is 9.84 Å². The molecule has 18 heavy (non-hydrogen) atoms. The van der Waals surface area contributed by atoms with E-state index < -0.39 is 0 Å². The highest BCUT2D eigenvalue weighted by Crippen LogP contribution is 2.20. The zero-order valence-corrected chi connectivity index (χ0v) is 11.7. The summed E-state index contributed by atoms with van der Waals surface area (Å²) in [4.78, 5) is 5.00. The fourth-order valence-electron chi connectivity index (χ4n) is 3.23. The number of rotatable bonds is 6. The van der Waals surface area contributed by atoms with E-state index in [1.54, 1.807) is 7.11 Å². The molecule has 0 aromatic carbocycles. The summed E-state index contributed by atoms with van der Waals surface area (Å²) in [7, 11) is 1.64. The normalized spacial score (nSPS) is 25.7. The molecule has 4 heteroatoms. The second kappa shape index (κ2) is 7.43. The van der Waals surface area contributed by atoms with Gasteiger partial charge in [-0.1, -0.05) is 0 Å². The Labute approximate surface area is 111 Å². The summed E-state index contributed by atoms with van der Waals surface area (Å²) in [6.45, 7) is 7.42. The summed E-state index contributed by atoms with van der Waals surface area (Å²) >= 11 is 0. The molecule has 1 N–H and O–H groups in total. The molecule has 1 unspecified atom stereocenters. The number of ether oxygens (including phenoxy) is 1. The molecule has 106 valence electrons. The topological polar surface area (TPSA) is 35.9 Å². The predicted molar refractivity (Wildman–Crippen MR) is 72.7 cm³/mol. The highest BCUT2D eigenvalue weighted by molar-refractivity contribution is 4.78. The third kappa shape index (κ3) is 4.50. The molecular weight excluding hydrogens is 228 g/mol. The molecule has 0 bridgehead atoms. The number of piperidine rings is 1. The van der Waals surface area contributed by atoms with Crippen LogP contribution in [0, 0.1) is 5.92 Å². The minimum atomic E-state index is -0.329. The van der Waals surface area contributed by atoms with Crippen molar-refractivity contribution >= 4 is 0 Å². The van der Waals surface area contributed by atoms with Crippen molar-refractivity contribution in [2.75, 3.05) is 53.0 Å². The van der Waals surface area contributed by atoms with E-state index >= 15 is 0 Å². The van der Waals surface area contributed by atoms with Gasteiger partial charge in [0.05, 0.1) is 12.7 Å². The summed E-state index contributed by atoms with van der Waals surface area (Å²) in [5.74, 6) is 0.874. The maximum Gasteiger partial charge on any atom is 0.0900 e. The molecule has 1 atom stereocenters. The Bertz CT molecular complexity index is 224. The minimum Gasteiger partial charge on any atom is -0.389 e. The Morgan fingerprint density at radius 3 is 2.39 bits per heavy atom. The van der Waals surface area contributed by atoms with Crippen LogP contribution in [-0.2, 0) is 4.74 Å². The molecule has 2 rings (SSSR count). The average molecular weight is 256 g/mol. The Balaban J connectivity index is 1.61. The van der Waals surface area contributed by atoms with Gasteiger partial charge in [-0.3, -0.25) is 0 Å². The second-order valence-electron chi connectivity index (χ2n) is 5.86. The molecule has 2 fully saturated rings. The van der Waals surface area contributed by atoms with E-state index in [2.05, 4.69) is 9.80 Å². The lowest BCUT2D eigenvalue weighted by molar-refractivity contribution is 0.0276. The average Bonchev–Trinajstić information content (AvgIpc) is 2.85. The summed E-state index contributed by atoms with van der Waals surface area (Å²) in [5.41, 5.74) is 0. The van der Waals surface area contributed by atoms with Crippen LogP contribution >= 0.6 is 0 Å². The summed E-state index contributed by atoms with van der Waals surface area (Å²) in [5, 5.41) is 9.72. The first-order valence-electron chi connectivity index (χ1n) is 7.39. The third-order valence-corrected chi connectivity index (χ3v) is 4.25. The number of hydrogen-bond acceptors (Lipinski definition) is 4. The quantitative estimate of drug-likeness (QED) is 0.762. The van der Waals surface area contributed by atoms with Crippen LogP contribution in [0.2, 0.25) is 0 Å². The summed E-state index contributed by atoms with van der Waals surface area (Å²) < 4.78 is 4.97. The Kier molecular flexibility index (Phi) is 5.89. The van der Waals surface area contributed by atoms with Crippen molar-refractivity contribution in [2.45, 2.75) is 31.8 Å². The fourth-order valence-corrected chi connectivity index (χ4v) is 3.23. The number of nitrogens with zero attached hydrogens (tertiary/aromatic N) is 2. The van der Waals surface area contributed by atoms with E-state index in [1.165, 1.54) is 45.3 Å². The molecule has 2 aliphatic heterocycles. The SMILES string of the molecule is COCC(O)CN1CCC(CN2CCCC2)CC1. The van der Waals surface area contributed by atoms with Gasteiger partial charge in [0.25, 0.3) is 0 Å². The molecule has 4 nitrogen and oxygen atoms in total. The van der Waals surface area contributed by atoms with Crippen molar-refractivity contribution in [2.24, 2.45) is 5.92 Å². The lowest BCUT2D eigenvalue weighted by Gasteiger charge is -2.34. The number of aliphatic hydroxyl groups excluding tert-OH is 1. The van der Waals surface area contributed by atoms with Crippen LogP contribution in [0.5, 0.6) is 0 Å². The Morgan fingerprint density at radius 1 is 1.11 bits per heavy atom. The molecule has 0 aliphatic carbocycles. The highest BCUT2D eigenvalue weighted by Gasteiger charge is 2.23. The van der Waals surface area contributed by atoms with Crippen molar-refractivity contribution in [3.8, 4) is 0 Å². The van der Waals surface area contributed by atoms with Crippen molar-refractivity contribution in [3.63, 3.8) is 0 Å². The first-order chi connectivity index (χ1) is 8.78. The van der Waals surface area contributed by atoms with Crippen molar-refractivity contribution in [1.82, 2.24) is 9.80 Å². The summed E-state index contributed by atoms with van der Waals surface area (Å²) in [6.07, 6.45) is 5.03. The molecular formula is C14H28N2O2. The van der Waals surface area contributed by atoms with Crippen LogP contribution in [0.3, 0.4) is 0 Å². The molecule has 2 saturated heterocycles. The van der Waals surface area contributed by atoms with Gasteiger partial charge in [0.1, 0.15) is 0 Å². The molecule has 0 aromatic heterocycles. The maximum atomic E-state index is 9.72. The standard InChI is InChI=1S/C14H28N2O2/c1-18-12-14(17)11-16-8-4-13(5-9-16)10-15-6-2-3-7-15/h13-14,17H,2-12H2,1H3. The lowest BCUT2D eigenvalue weighted by Crippen LogP contribution is -2.42. The first kappa shape index (κ1) is 14.3. The van der Waals surface area contributed by atoms with E-state index in [1.807, 2.05) is 0 Å². The molecule has 0 radical (unpaired) electrons. The van der Waals surface area contributed by atoms with E-state index in [0.29, 0.717) is 6.61 Å². The number of aliphatic hydroxyl groups is 1. The Morgan fingerprint density at radius 2 is 1.78 bits per heavy atom. The molecule has 2 aliphatic rings. The van der Waals surface area contributed by atoms with E-state index in [9.17, 15) is 5.11 Å². The van der Waals surface area contributed by atoms with Crippen LogP contribution in [-0.4, -0.2) is 74.0 Å². The zero-order valence-electron chi connectivity index (χ0n) is 11.7. The minimum absolute atomic E-state index is 0.329. The van der Waals surface area contributed by atoms with Gasteiger partial charge < -0.3 is 19.6 Å². The van der Waals surface area contributed by atoms with Gasteiger partial charge >= 0.3 is 0 Å². The van der Waals surface area contributed by atoms with Crippen molar-refractivity contribution in [3.05, 3.63) is 0 Å². The molecule has 2 heterocycles. The number of hydrogen-bond donors (Lipinski definition) is 1. The molecule has 0 saturated carbocycles. The van der Waals surface area contributed by atoms with Crippen molar-refractivity contribution in [1.29, 1.82) is 0 Å². The summed E-state index contributed by atoms with van der Waals surface area (Å²) in [6, 6.07) is 0. The van der Waals surface area contributed by atoms with E-state index in [-0.39, 0.29) is 6.10 Å². The monoisotopic (exact) mass is 256 g/mol. The van der Waals surface area contributed by atoms with Crippen LogP contribution in [0.15, 0.2) is 0 Å². The number of likely N-dealkylation sites (tertiary alicyclic amines) is 2. The van der Waals surface area contributed by atoms with E-state index in [4.69, 9.17) is 4.74 Å². The maximum absolute atomic E-state index is 9.72. The van der Waals surface area contributed by atoms with Gasteiger partial charge in [-0.05, 0) is 57.8 Å². The van der Waals surface area contributed by atoms with Gasteiger partial charge in [-0.25, -0.2) is 0 Å². The number of β-amino-alcohol motifs (C(OH)–C–C–N with tert-alkyl or cyclic N) is 1. The number of methoxy groups -OCH3 is 1. The Hall–Kier alpha value is -0.160. The molecule has 0 spiro atoms. The van der Waals surface area contributed by atoms with Crippen LogP contribution in [0.1, 0.15) is 25.7 Å².